The highest BCUT2D eigenvalue weighted by Gasteiger charge is 2.47. The van der Waals surface area contributed by atoms with Crippen molar-refractivity contribution in [3.8, 4) is 40.4 Å². The quantitative estimate of drug-likeness (QED) is 0.208. The molecule has 4 heteroatoms. The van der Waals surface area contributed by atoms with Crippen LogP contribution in [-0.4, -0.2) is 0 Å². The summed E-state index contributed by atoms with van der Waals surface area (Å²) in [7, 11) is 0. The number of fused-ring (bicyclic) bond motifs is 6. The van der Waals surface area contributed by atoms with Crippen molar-refractivity contribution in [1.82, 2.24) is 0 Å². The van der Waals surface area contributed by atoms with Gasteiger partial charge in [-0.3, -0.25) is 0 Å². The fourth-order valence-electron chi connectivity index (χ4n) is 6.86. The van der Waals surface area contributed by atoms with Gasteiger partial charge in [-0.15, -0.1) is 45.3 Å². The molecule has 5 aromatic rings. The molecule has 2 aliphatic carbocycles. The van der Waals surface area contributed by atoms with Crippen LogP contribution in [0.2, 0.25) is 0 Å². The first kappa shape index (κ1) is 23.2. The normalized spacial score (nSPS) is 16.2. The maximum atomic E-state index is 2.49. The van der Waals surface area contributed by atoms with Gasteiger partial charge in [0.25, 0.3) is 0 Å². The van der Waals surface area contributed by atoms with Crippen molar-refractivity contribution in [2.75, 3.05) is 0 Å². The fourth-order valence-corrected chi connectivity index (χ4v) is 11.6. The van der Waals surface area contributed by atoms with E-state index in [-0.39, 0.29) is 10.8 Å². The summed E-state index contributed by atoms with van der Waals surface area (Å²) >= 11 is 7.83. The van der Waals surface area contributed by atoms with Crippen LogP contribution in [0.15, 0.2) is 36.4 Å². The van der Waals surface area contributed by atoms with Gasteiger partial charge in [-0.1, -0.05) is 27.7 Å². The lowest BCUT2D eigenvalue weighted by Crippen LogP contribution is -2.20. The molecule has 0 atom stereocenters. The van der Waals surface area contributed by atoms with E-state index < -0.39 is 0 Å². The number of benzene rings is 1. The molecule has 36 heavy (non-hydrogen) atoms. The minimum atomic E-state index is 0.00738. The Morgan fingerprint density at radius 2 is 0.889 bits per heavy atom. The highest BCUT2D eigenvalue weighted by molar-refractivity contribution is 7.24. The third-order valence-corrected chi connectivity index (χ3v) is 13.2. The van der Waals surface area contributed by atoms with Crippen LogP contribution in [0.3, 0.4) is 0 Å². The van der Waals surface area contributed by atoms with E-state index in [9.17, 15) is 0 Å². The second-order valence-corrected chi connectivity index (χ2v) is 16.2. The van der Waals surface area contributed by atoms with Gasteiger partial charge in [0.05, 0.1) is 0 Å². The van der Waals surface area contributed by atoms with Gasteiger partial charge in [-0.05, 0) is 109 Å². The van der Waals surface area contributed by atoms with E-state index in [0.29, 0.717) is 0 Å². The number of hydrogen-bond donors (Lipinski definition) is 0. The van der Waals surface area contributed by atoms with Gasteiger partial charge in [-0.25, -0.2) is 0 Å². The van der Waals surface area contributed by atoms with Gasteiger partial charge in [0.15, 0.2) is 0 Å². The average molecular weight is 543 g/mol. The van der Waals surface area contributed by atoms with Crippen molar-refractivity contribution in [2.45, 2.75) is 66.2 Å². The summed E-state index contributed by atoms with van der Waals surface area (Å²) in [5.41, 5.74) is 12.2. The molecule has 0 amide bonds. The van der Waals surface area contributed by atoms with Crippen LogP contribution < -0.4 is 0 Å². The molecule has 0 radical (unpaired) electrons. The van der Waals surface area contributed by atoms with E-state index >= 15 is 0 Å². The van der Waals surface area contributed by atoms with Crippen molar-refractivity contribution in [1.29, 1.82) is 0 Å². The molecular weight excluding hydrogens is 513 g/mol. The lowest BCUT2D eigenvalue weighted by atomic mass is 9.74. The minimum Gasteiger partial charge on any atom is -0.140 e. The van der Waals surface area contributed by atoms with E-state index in [1.807, 2.05) is 45.3 Å². The Hall–Kier alpha value is -1.98. The summed E-state index contributed by atoms with van der Waals surface area (Å²) in [5.74, 6) is 0. The standard InChI is InChI=1S/C32H30S4/c1-15-9-11-21(33-15)23-13-19-29(35-23)25-17(3)28-26(18(4)27(25)31(19,5)6)30-20(32(28,7)8)14-24(36-30)22-12-10-16(2)34-22/h9-14H,1-8H3. The molecular formula is C32H30S4. The van der Waals surface area contributed by atoms with E-state index in [4.69, 9.17) is 0 Å². The third kappa shape index (κ3) is 2.85. The average Bonchev–Trinajstić information content (AvgIpc) is 3.60. The van der Waals surface area contributed by atoms with Gasteiger partial charge >= 0.3 is 0 Å². The second kappa shape index (κ2) is 7.32. The monoisotopic (exact) mass is 542 g/mol. The zero-order valence-electron chi connectivity index (χ0n) is 22.1. The fraction of sp³-hybridized carbons (Fsp3) is 0.312. The summed E-state index contributed by atoms with van der Waals surface area (Å²) in [5, 5.41) is 0. The molecule has 0 unspecified atom stereocenters. The van der Waals surface area contributed by atoms with E-state index in [1.165, 1.54) is 72.4 Å². The van der Waals surface area contributed by atoms with Crippen molar-refractivity contribution < 1.29 is 0 Å². The van der Waals surface area contributed by atoms with Gasteiger partial charge in [-0.2, -0.15) is 0 Å². The van der Waals surface area contributed by atoms with Crippen LogP contribution in [0.5, 0.6) is 0 Å². The van der Waals surface area contributed by atoms with Gasteiger partial charge in [0.1, 0.15) is 0 Å². The molecule has 0 nitrogen and oxygen atoms in total. The molecule has 0 N–H and O–H groups in total. The van der Waals surface area contributed by atoms with Gasteiger partial charge in [0, 0.05) is 49.8 Å². The first-order chi connectivity index (χ1) is 17.0. The van der Waals surface area contributed by atoms with Crippen LogP contribution in [0.25, 0.3) is 40.4 Å². The molecule has 0 saturated carbocycles. The summed E-state index contributed by atoms with van der Waals surface area (Å²) in [6.07, 6.45) is 0. The van der Waals surface area contributed by atoms with Crippen LogP contribution >= 0.6 is 45.3 Å². The number of aryl methyl sites for hydroxylation is 2. The molecule has 0 saturated heterocycles. The topological polar surface area (TPSA) is 0 Å². The van der Waals surface area contributed by atoms with Crippen molar-refractivity contribution in [2.24, 2.45) is 0 Å². The van der Waals surface area contributed by atoms with Crippen molar-refractivity contribution >= 4 is 45.3 Å². The summed E-state index contributed by atoms with van der Waals surface area (Å²) < 4.78 is 0. The number of thiophene rings is 4. The smallest absolute Gasteiger partial charge is 0.0452 e. The lowest BCUT2D eigenvalue weighted by Gasteiger charge is -2.29. The maximum Gasteiger partial charge on any atom is 0.0452 e. The van der Waals surface area contributed by atoms with Gasteiger partial charge in [0.2, 0.25) is 0 Å². The lowest BCUT2D eigenvalue weighted by molar-refractivity contribution is 0.646. The molecule has 2 aliphatic rings. The molecule has 182 valence electrons. The Bertz CT molecular complexity index is 1600. The Morgan fingerprint density at radius 1 is 0.500 bits per heavy atom. The highest BCUT2D eigenvalue weighted by Crippen LogP contribution is 2.63. The SMILES string of the molecule is Cc1ccc(-c2cc3c(s2)-c2c(C)c4c(c(C)c2C3(C)C)-c2sc(-c3ccc(C)s3)cc2C4(C)C)s1. The Balaban J connectivity index is 1.48. The van der Waals surface area contributed by atoms with Crippen LogP contribution in [-0.2, 0) is 10.8 Å². The van der Waals surface area contributed by atoms with E-state index in [2.05, 4.69) is 91.8 Å². The molecule has 4 heterocycles. The molecule has 0 aliphatic heterocycles. The minimum absolute atomic E-state index is 0.00738. The van der Waals surface area contributed by atoms with Crippen LogP contribution in [0, 0.1) is 27.7 Å². The first-order valence-corrected chi connectivity index (χ1v) is 15.9. The summed E-state index contributed by atoms with van der Waals surface area (Å²) in [6, 6.07) is 14.1. The number of rotatable bonds is 2. The molecule has 0 spiro atoms. The zero-order valence-corrected chi connectivity index (χ0v) is 25.4. The van der Waals surface area contributed by atoms with E-state index in [1.54, 1.807) is 11.1 Å². The van der Waals surface area contributed by atoms with Gasteiger partial charge < -0.3 is 0 Å². The summed E-state index contributed by atoms with van der Waals surface area (Å²) in [4.78, 5) is 11.4. The molecule has 0 bridgehead atoms. The van der Waals surface area contributed by atoms with Crippen molar-refractivity contribution in [3.63, 3.8) is 0 Å². The summed E-state index contributed by atoms with van der Waals surface area (Å²) in [6.45, 7) is 19.0. The zero-order chi connectivity index (χ0) is 25.3. The Morgan fingerprint density at radius 3 is 1.22 bits per heavy atom. The van der Waals surface area contributed by atoms with Crippen molar-refractivity contribution in [3.05, 3.63) is 79.5 Å². The largest absolute Gasteiger partial charge is 0.140 e. The molecule has 0 fully saturated rings. The Labute approximate surface area is 230 Å². The van der Waals surface area contributed by atoms with Crippen LogP contribution in [0.1, 0.15) is 70.8 Å². The maximum absolute atomic E-state index is 2.49. The molecule has 7 rings (SSSR count). The van der Waals surface area contributed by atoms with E-state index in [0.717, 1.165) is 0 Å². The second-order valence-electron chi connectivity index (χ2n) is 11.5. The highest BCUT2D eigenvalue weighted by atomic mass is 32.1. The van der Waals surface area contributed by atoms with Crippen LogP contribution in [0.4, 0.5) is 0 Å². The number of hydrogen-bond acceptors (Lipinski definition) is 4. The first-order valence-electron chi connectivity index (χ1n) is 12.6. The third-order valence-electron chi connectivity index (χ3n) is 8.48. The predicted molar refractivity (Wildman–Crippen MR) is 163 cm³/mol. The predicted octanol–water partition coefficient (Wildman–Crippen LogP) is 11.1. The Kier molecular flexibility index (Phi) is 4.71. The molecule has 1 aromatic carbocycles. The molecule has 4 aromatic heterocycles.